The predicted octanol–water partition coefficient (Wildman–Crippen LogP) is 3.28. The van der Waals surface area contributed by atoms with Crippen LogP contribution in [0.15, 0.2) is 30.3 Å². The zero-order chi connectivity index (χ0) is 13.8. The summed E-state index contributed by atoms with van der Waals surface area (Å²) < 4.78 is 16.4. The third kappa shape index (κ3) is 8.76. The van der Waals surface area contributed by atoms with Crippen molar-refractivity contribution in [2.75, 3.05) is 33.0 Å². The number of hydrogen-bond acceptors (Lipinski definition) is 3. The Balaban J connectivity index is 1.84. The summed E-state index contributed by atoms with van der Waals surface area (Å²) in [4.78, 5) is 0. The molecular weight excluding hydrogens is 240 g/mol. The summed E-state index contributed by atoms with van der Waals surface area (Å²) in [5.74, 6) is 0.634. The highest BCUT2D eigenvalue weighted by Gasteiger charge is 1.98. The van der Waals surface area contributed by atoms with E-state index in [1.807, 2.05) is 18.2 Å². The van der Waals surface area contributed by atoms with E-state index in [4.69, 9.17) is 14.2 Å². The van der Waals surface area contributed by atoms with Gasteiger partial charge in [0.05, 0.1) is 33.0 Å². The van der Waals surface area contributed by atoms with Crippen molar-refractivity contribution >= 4 is 0 Å². The summed E-state index contributed by atoms with van der Waals surface area (Å²) in [6, 6.07) is 10.2. The fourth-order valence-electron chi connectivity index (χ4n) is 1.50. The van der Waals surface area contributed by atoms with E-state index < -0.39 is 0 Å². The molecule has 0 aliphatic heterocycles. The van der Waals surface area contributed by atoms with E-state index in [9.17, 15) is 0 Å². The number of rotatable bonds is 11. The molecule has 0 spiro atoms. The van der Waals surface area contributed by atoms with Gasteiger partial charge in [-0.1, -0.05) is 50.6 Å². The first-order chi connectivity index (χ1) is 9.33. The van der Waals surface area contributed by atoms with Gasteiger partial charge < -0.3 is 14.2 Å². The molecule has 1 unspecified atom stereocenters. The van der Waals surface area contributed by atoms with Crippen molar-refractivity contribution in [1.82, 2.24) is 0 Å². The Morgan fingerprint density at radius 1 is 0.895 bits per heavy atom. The van der Waals surface area contributed by atoms with Crippen molar-refractivity contribution in [3.8, 4) is 0 Å². The Morgan fingerprint density at radius 2 is 1.53 bits per heavy atom. The third-order valence-electron chi connectivity index (χ3n) is 2.95. The maximum absolute atomic E-state index is 5.52. The molecule has 0 amide bonds. The second kappa shape index (κ2) is 11.0. The second-order valence-corrected chi connectivity index (χ2v) is 4.74. The van der Waals surface area contributed by atoms with E-state index in [0.29, 0.717) is 39.0 Å². The van der Waals surface area contributed by atoms with Gasteiger partial charge in [-0.05, 0) is 11.5 Å². The average Bonchev–Trinajstić information content (AvgIpc) is 2.46. The summed E-state index contributed by atoms with van der Waals surface area (Å²) >= 11 is 0. The molecule has 1 atom stereocenters. The highest BCUT2D eigenvalue weighted by molar-refractivity contribution is 5.13. The lowest BCUT2D eigenvalue weighted by atomic mass is 10.1. The first-order valence-corrected chi connectivity index (χ1v) is 7.10. The van der Waals surface area contributed by atoms with E-state index in [2.05, 4.69) is 26.0 Å². The average molecular weight is 266 g/mol. The van der Waals surface area contributed by atoms with E-state index >= 15 is 0 Å². The Morgan fingerprint density at radius 3 is 2.21 bits per heavy atom. The molecule has 0 radical (unpaired) electrons. The molecular formula is C16H26O3. The zero-order valence-corrected chi connectivity index (χ0v) is 12.1. The summed E-state index contributed by atoms with van der Waals surface area (Å²) in [7, 11) is 0. The number of hydrogen-bond donors (Lipinski definition) is 0. The molecule has 1 aromatic rings. The first kappa shape index (κ1) is 16.2. The van der Waals surface area contributed by atoms with Gasteiger partial charge in [-0.3, -0.25) is 0 Å². The molecule has 0 aliphatic carbocycles. The molecule has 3 heteroatoms. The van der Waals surface area contributed by atoms with E-state index in [-0.39, 0.29) is 0 Å². The highest BCUT2D eigenvalue weighted by Crippen LogP contribution is 2.01. The Bertz CT molecular complexity index is 300. The lowest BCUT2D eigenvalue weighted by molar-refractivity contribution is 0.00493. The van der Waals surface area contributed by atoms with Gasteiger partial charge in [0.1, 0.15) is 0 Å². The van der Waals surface area contributed by atoms with Crippen LogP contribution in [0.25, 0.3) is 0 Å². The SMILES string of the molecule is CCC(C)COCCOCCOCc1ccccc1. The fraction of sp³-hybridized carbons (Fsp3) is 0.625. The van der Waals surface area contributed by atoms with Crippen molar-refractivity contribution in [1.29, 1.82) is 0 Å². The summed E-state index contributed by atoms with van der Waals surface area (Å²) in [5.41, 5.74) is 1.19. The van der Waals surface area contributed by atoms with Crippen molar-refractivity contribution in [3.63, 3.8) is 0 Å². The summed E-state index contributed by atoms with van der Waals surface area (Å²) in [6.07, 6.45) is 1.16. The first-order valence-electron chi connectivity index (χ1n) is 7.10. The zero-order valence-electron chi connectivity index (χ0n) is 12.1. The highest BCUT2D eigenvalue weighted by atomic mass is 16.5. The van der Waals surface area contributed by atoms with Crippen LogP contribution in [0.5, 0.6) is 0 Å². The van der Waals surface area contributed by atoms with Crippen LogP contribution in [0.2, 0.25) is 0 Å². The fourth-order valence-corrected chi connectivity index (χ4v) is 1.50. The van der Waals surface area contributed by atoms with Gasteiger partial charge in [0, 0.05) is 6.61 Å². The molecule has 0 N–H and O–H groups in total. The van der Waals surface area contributed by atoms with Crippen LogP contribution >= 0.6 is 0 Å². The van der Waals surface area contributed by atoms with Crippen molar-refractivity contribution in [2.24, 2.45) is 5.92 Å². The van der Waals surface area contributed by atoms with Crippen molar-refractivity contribution < 1.29 is 14.2 Å². The van der Waals surface area contributed by atoms with Gasteiger partial charge in [-0.15, -0.1) is 0 Å². The number of benzene rings is 1. The van der Waals surface area contributed by atoms with Crippen LogP contribution in [0.1, 0.15) is 25.8 Å². The molecule has 0 bridgehead atoms. The van der Waals surface area contributed by atoms with Gasteiger partial charge in [0.15, 0.2) is 0 Å². The predicted molar refractivity (Wildman–Crippen MR) is 77.2 cm³/mol. The summed E-state index contributed by atoms with van der Waals surface area (Å²) in [5, 5.41) is 0. The lowest BCUT2D eigenvalue weighted by Crippen LogP contribution is -2.12. The molecule has 0 aliphatic rings. The molecule has 3 nitrogen and oxygen atoms in total. The van der Waals surface area contributed by atoms with Crippen molar-refractivity contribution in [3.05, 3.63) is 35.9 Å². The molecule has 1 aromatic carbocycles. The summed E-state index contributed by atoms with van der Waals surface area (Å²) in [6.45, 7) is 8.40. The normalized spacial score (nSPS) is 12.5. The van der Waals surface area contributed by atoms with Crippen LogP contribution in [0.4, 0.5) is 0 Å². The van der Waals surface area contributed by atoms with E-state index in [1.165, 1.54) is 5.56 Å². The Hall–Kier alpha value is -0.900. The third-order valence-corrected chi connectivity index (χ3v) is 2.95. The maximum atomic E-state index is 5.52. The van der Waals surface area contributed by atoms with Gasteiger partial charge in [0.2, 0.25) is 0 Å². The molecule has 19 heavy (non-hydrogen) atoms. The van der Waals surface area contributed by atoms with Gasteiger partial charge in [-0.25, -0.2) is 0 Å². The largest absolute Gasteiger partial charge is 0.379 e. The van der Waals surface area contributed by atoms with Crippen molar-refractivity contribution in [2.45, 2.75) is 26.9 Å². The van der Waals surface area contributed by atoms with E-state index in [1.54, 1.807) is 0 Å². The van der Waals surface area contributed by atoms with Crippen LogP contribution in [0, 0.1) is 5.92 Å². The standard InChI is InChI=1S/C16H26O3/c1-3-15(2)13-18-11-9-17-10-12-19-14-16-7-5-4-6-8-16/h4-8,15H,3,9-14H2,1-2H3. The molecule has 1 rings (SSSR count). The Labute approximate surface area is 116 Å². The molecule has 0 saturated heterocycles. The van der Waals surface area contributed by atoms with Gasteiger partial charge >= 0.3 is 0 Å². The molecule has 0 aromatic heterocycles. The lowest BCUT2D eigenvalue weighted by Gasteiger charge is -2.09. The topological polar surface area (TPSA) is 27.7 Å². The minimum atomic E-state index is 0.625. The quantitative estimate of drug-likeness (QED) is 0.575. The molecule has 0 saturated carbocycles. The van der Waals surface area contributed by atoms with Crippen LogP contribution in [-0.2, 0) is 20.8 Å². The van der Waals surface area contributed by atoms with Crippen LogP contribution in [-0.4, -0.2) is 33.0 Å². The Kier molecular flexibility index (Phi) is 9.33. The minimum Gasteiger partial charge on any atom is -0.379 e. The van der Waals surface area contributed by atoms with Gasteiger partial charge in [-0.2, -0.15) is 0 Å². The molecule has 0 heterocycles. The monoisotopic (exact) mass is 266 g/mol. The second-order valence-electron chi connectivity index (χ2n) is 4.74. The van der Waals surface area contributed by atoms with Crippen LogP contribution < -0.4 is 0 Å². The van der Waals surface area contributed by atoms with Gasteiger partial charge in [0.25, 0.3) is 0 Å². The maximum Gasteiger partial charge on any atom is 0.0718 e. The number of ether oxygens (including phenoxy) is 3. The minimum absolute atomic E-state index is 0.625. The van der Waals surface area contributed by atoms with E-state index in [0.717, 1.165) is 13.0 Å². The molecule has 0 fully saturated rings. The molecule has 108 valence electrons. The smallest absolute Gasteiger partial charge is 0.0718 e. The van der Waals surface area contributed by atoms with Crippen LogP contribution in [0.3, 0.4) is 0 Å².